The molecule has 330 valence electrons. The summed E-state index contributed by atoms with van der Waals surface area (Å²) in [5.41, 5.74) is 13.4. The molecule has 0 aliphatic carbocycles. The Bertz CT molecular complexity index is 2330. The number of hydrogen-bond acceptors (Lipinski definition) is 13. The van der Waals surface area contributed by atoms with Gasteiger partial charge in [-0.05, 0) is 98.6 Å². The van der Waals surface area contributed by atoms with Crippen LogP contribution in [0.1, 0.15) is 62.0 Å². The molecule has 6 aliphatic heterocycles. The fourth-order valence-corrected chi connectivity index (χ4v) is 10.9. The molecule has 1 aromatic heterocycles. The number of phenols is 1. The summed E-state index contributed by atoms with van der Waals surface area (Å²) in [4.78, 5) is 49.5. The summed E-state index contributed by atoms with van der Waals surface area (Å²) in [6, 6.07) is 23.8. The summed E-state index contributed by atoms with van der Waals surface area (Å²) in [7, 11) is 0. The number of ether oxygens (including phenoxy) is 2. The second-order valence-corrected chi connectivity index (χ2v) is 18.0. The highest BCUT2D eigenvalue weighted by molar-refractivity contribution is 6.01. The quantitative estimate of drug-likeness (QED) is 0.204. The molecule has 3 aromatic carbocycles. The molecule has 2 bridgehead atoms. The van der Waals surface area contributed by atoms with Crippen molar-refractivity contribution in [3.05, 3.63) is 83.9 Å². The Labute approximate surface area is 368 Å². The predicted octanol–water partition coefficient (Wildman–Crippen LogP) is 4.33. The number of phenolic OH excluding ortho intramolecular Hbond substituents is 1. The number of nitrogens with one attached hydrogen (secondary N) is 1. The molecule has 4 aromatic rings. The number of carbonyl (C=O) groups is 3. The number of morpholine rings is 1. The number of imide groups is 1. The Hall–Kier alpha value is -5.93. The van der Waals surface area contributed by atoms with Gasteiger partial charge in [0.2, 0.25) is 17.7 Å². The van der Waals surface area contributed by atoms with E-state index >= 15 is 0 Å². The first-order valence-corrected chi connectivity index (χ1v) is 22.8. The van der Waals surface area contributed by atoms with E-state index in [1.807, 2.05) is 29.2 Å². The molecule has 3 atom stereocenters. The van der Waals surface area contributed by atoms with Crippen LogP contribution in [0.4, 0.5) is 22.9 Å². The second kappa shape index (κ2) is 17.7. The molecule has 6 aliphatic rings. The first-order valence-electron chi connectivity index (χ1n) is 22.8. The monoisotopic (exact) mass is 855 g/mol. The van der Waals surface area contributed by atoms with Crippen molar-refractivity contribution in [2.45, 2.75) is 81.5 Å². The molecular formula is C48H57N9O6. The maximum atomic E-state index is 13.6. The van der Waals surface area contributed by atoms with Gasteiger partial charge in [-0.25, -0.2) is 0 Å². The van der Waals surface area contributed by atoms with Crippen LogP contribution in [0.25, 0.3) is 11.3 Å². The van der Waals surface area contributed by atoms with Gasteiger partial charge >= 0.3 is 0 Å². The maximum absolute atomic E-state index is 13.6. The summed E-state index contributed by atoms with van der Waals surface area (Å²) in [6.45, 7) is 6.92. The average molecular weight is 856 g/mol. The van der Waals surface area contributed by atoms with Gasteiger partial charge in [-0.3, -0.25) is 24.6 Å². The lowest BCUT2D eigenvalue weighted by atomic mass is 9.83. The first kappa shape index (κ1) is 41.1. The van der Waals surface area contributed by atoms with Crippen LogP contribution in [-0.4, -0.2) is 133 Å². The molecule has 5 fully saturated rings. The zero-order valence-corrected chi connectivity index (χ0v) is 35.7. The van der Waals surface area contributed by atoms with Crippen LogP contribution >= 0.6 is 0 Å². The third-order valence-corrected chi connectivity index (χ3v) is 14.1. The number of likely N-dealkylation sites (tertiary alicyclic amines) is 2. The van der Waals surface area contributed by atoms with Gasteiger partial charge in [-0.1, -0.05) is 30.3 Å². The third kappa shape index (κ3) is 8.48. The van der Waals surface area contributed by atoms with Gasteiger partial charge < -0.3 is 39.9 Å². The summed E-state index contributed by atoms with van der Waals surface area (Å²) in [5, 5.41) is 21.6. The highest BCUT2D eigenvalue weighted by atomic mass is 16.5. The van der Waals surface area contributed by atoms with Gasteiger partial charge in [0.15, 0.2) is 5.82 Å². The Balaban J connectivity index is 0.710. The van der Waals surface area contributed by atoms with Crippen LogP contribution in [0.3, 0.4) is 0 Å². The second-order valence-electron chi connectivity index (χ2n) is 18.0. The molecule has 3 amide bonds. The van der Waals surface area contributed by atoms with Gasteiger partial charge in [0, 0.05) is 75.0 Å². The number of amides is 3. The van der Waals surface area contributed by atoms with E-state index in [0.717, 1.165) is 81.0 Å². The Morgan fingerprint density at radius 2 is 1.62 bits per heavy atom. The highest BCUT2D eigenvalue weighted by Gasteiger charge is 2.40. The molecule has 0 radical (unpaired) electrons. The molecule has 63 heavy (non-hydrogen) atoms. The van der Waals surface area contributed by atoms with E-state index < -0.39 is 0 Å². The number of nitrogens with two attached hydrogens (primary N) is 1. The van der Waals surface area contributed by atoms with E-state index in [1.54, 1.807) is 12.1 Å². The lowest BCUT2D eigenvalue weighted by molar-refractivity contribution is -0.135. The number of para-hydroxylation sites is 1. The van der Waals surface area contributed by atoms with Crippen LogP contribution in [-0.2, 0) is 25.5 Å². The fraction of sp³-hybridized carbons (Fsp3) is 0.479. The summed E-state index contributed by atoms with van der Waals surface area (Å²) >= 11 is 0. The van der Waals surface area contributed by atoms with Crippen LogP contribution < -0.4 is 30.5 Å². The van der Waals surface area contributed by atoms with Crippen LogP contribution in [0.2, 0.25) is 0 Å². The Morgan fingerprint density at radius 3 is 2.40 bits per heavy atom. The van der Waals surface area contributed by atoms with Crippen molar-refractivity contribution in [3.63, 3.8) is 0 Å². The van der Waals surface area contributed by atoms with Crippen molar-refractivity contribution in [2.75, 3.05) is 86.0 Å². The molecule has 0 spiro atoms. The van der Waals surface area contributed by atoms with E-state index in [2.05, 4.69) is 71.5 Å². The zero-order chi connectivity index (χ0) is 43.0. The average Bonchev–Trinajstić information content (AvgIpc) is 3.29. The lowest BCUT2D eigenvalue weighted by Crippen LogP contribution is -2.65. The van der Waals surface area contributed by atoms with Crippen LogP contribution in [0.15, 0.2) is 72.8 Å². The zero-order valence-electron chi connectivity index (χ0n) is 35.7. The molecule has 0 saturated carbocycles. The minimum absolute atomic E-state index is 0.0304. The molecule has 4 N–H and O–H groups in total. The summed E-state index contributed by atoms with van der Waals surface area (Å²) < 4.78 is 12.7. The number of hydrogen-bond donors (Lipinski definition) is 3. The Morgan fingerprint density at radius 1 is 0.841 bits per heavy atom. The number of piperazine rings is 1. The van der Waals surface area contributed by atoms with Gasteiger partial charge in [0.05, 0.1) is 43.2 Å². The summed E-state index contributed by atoms with van der Waals surface area (Å²) in [6.07, 6.45) is 6.54. The number of nitrogen functional groups attached to an aromatic ring is 1. The molecule has 1 unspecified atom stereocenters. The van der Waals surface area contributed by atoms with E-state index in [9.17, 15) is 19.5 Å². The van der Waals surface area contributed by atoms with E-state index in [0.29, 0.717) is 81.8 Å². The van der Waals surface area contributed by atoms with Crippen molar-refractivity contribution >= 4 is 40.6 Å². The SMILES string of the molecule is Nc1nnc(-c2ccccc2O)cc1N1C[C@@H]2COC[C@@H](C1)N2c1cccc(OC2CCN(C(=O)CN3CCC(c4cccc5c4CCCN5C4CCC(=O)NC4=O)CC3)CC2)c1. The number of fused-ring (bicyclic) bond motifs is 3. The van der Waals surface area contributed by atoms with Crippen molar-refractivity contribution < 1.29 is 29.0 Å². The number of rotatable bonds is 9. The molecule has 7 heterocycles. The standard InChI is InChI=1S/C48H57N9O6/c49-47-43(25-40(51-52-47)39-8-1-2-12-44(39)58)55-26-33-29-62-30-34(27-55)57(33)32-6-3-7-36(24-32)63-35-17-22-54(23-18-35)46(60)28-53-20-15-31(16-21-53)37-9-4-11-41-38(37)10-5-19-56(41)42-13-14-45(59)50-48(42)61/h1-4,6-9,11-12,24-25,31,33-35,42,58H,5,10,13-23,26-30H2,(H2,49,52)(H,50,59,61)/t33-,34-,42?/m1/s1. The fourth-order valence-electron chi connectivity index (χ4n) is 10.9. The van der Waals surface area contributed by atoms with Crippen LogP contribution in [0, 0.1) is 0 Å². The van der Waals surface area contributed by atoms with E-state index in [4.69, 9.17) is 15.2 Å². The largest absolute Gasteiger partial charge is 0.507 e. The number of aromatic nitrogens is 2. The van der Waals surface area contributed by atoms with Gasteiger partial charge in [0.1, 0.15) is 23.6 Å². The normalized spacial score (nSPS) is 23.7. The lowest BCUT2D eigenvalue weighted by Gasteiger charge is -2.51. The third-order valence-electron chi connectivity index (χ3n) is 14.1. The Kier molecular flexibility index (Phi) is 11.5. The van der Waals surface area contributed by atoms with Crippen molar-refractivity contribution in [2.24, 2.45) is 0 Å². The maximum Gasteiger partial charge on any atom is 0.249 e. The van der Waals surface area contributed by atoms with Crippen molar-refractivity contribution in [3.8, 4) is 22.8 Å². The van der Waals surface area contributed by atoms with Gasteiger partial charge in [0.25, 0.3) is 0 Å². The highest BCUT2D eigenvalue weighted by Crippen LogP contribution is 2.40. The molecule has 15 nitrogen and oxygen atoms in total. The number of benzene rings is 3. The molecular weight excluding hydrogens is 799 g/mol. The predicted molar refractivity (Wildman–Crippen MR) is 240 cm³/mol. The first-order chi connectivity index (χ1) is 30.8. The van der Waals surface area contributed by atoms with Crippen LogP contribution in [0.5, 0.6) is 11.5 Å². The van der Waals surface area contributed by atoms with Gasteiger partial charge in [-0.2, -0.15) is 0 Å². The summed E-state index contributed by atoms with van der Waals surface area (Å²) in [5.74, 6) is 1.59. The van der Waals surface area contributed by atoms with E-state index in [-0.39, 0.29) is 47.7 Å². The number of carbonyl (C=O) groups excluding carboxylic acids is 3. The van der Waals surface area contributed by atoms with Crippen molar-refractivity contribution in [1.82, 2.24) is 25.3 Å². The van der Waals surface area contributed by atoms with E-state index in [1.165, 1.54) is 11.1 Å². The number of anilines is 4. The smallest absolute Gasteiger partial charge is 0.249 e. The molecule has 5 saturated heterocycles. The minimum atomic E-state index is -0.297. The number of aromatic hydroxyl groups is 1. The molecule has 15 heteroatoms. The van der Waals surface area contributed by atoms with Crippen molar-refractivity contribution in [1.29, 1.82) is 0 Å². The number of piperidine rings is 3. The number of nitrogens with zero attached hydrogens (tertiary/aromatic N) is 7. The van der Waals surface area contributed by atoms with Gasteiger partial charge in [-0.15, -0.1) is 10.2 Å². The minimum Gasteiger partial charge on any atom is -0.507 e. The molecule has 10 rings (SSSR count). The topological polar surface area (TPSA) is 170 Å².